The van der Waals surface area contributed by atoms with Crippen molar-refractivity contribution in [3.8, 4) is 17.6 Å². The largest absolute Gasteiger partial charge is 0.493 e. The number of aryl methyl sites for hydroxylation is 1. The van der Waals surface area contributed by atoms with E-state index in [9.17, 15) is 0 Å². The van der Waals surface area contributed by atoms with Crippen LogP contribution in [0.15, 0.2) is 36.4 Å². The fourth-order valence-corrected chi connectivity index (χ4v) is 5.16. The first-order chi connectivity index (χ1) is 15.3. The van der Waals surface area contributed by atoms with Crippen molar-refractivity contribution in [2.24, 2.45) is 23.7 Å². The molecule has 170 valence electrons. The van der Waals surface area contributed by atoms with Crippen molar-refractivity contribution in [3.63, 3.8) is 0 Å². The van der Waals surface area contributed by atoms with Gasteiger partial charge in [-0.25, -0.2) is 0 Å². The molecule has 2 aliphatic carbocycles. The summed E-state index contributed by atoms with van der Waals surface area (Å²) < 4.78 is 6.10. The van der Waals surface area contributed by atoms with Crippen molar-refractivity contribution in [2.45, 2.75) is 97.3 Å². The van der Waals surface area contributed by atoms with Crippen LogP contribution in [0.5, 0.6) is 5.75 Å². The summed E-state index contributed by atoms with van der Waals surface area (Å²) >= 11 is 0. The molecule has 3 rings (SSSR count). The van der Waals surface area contributed by atoms with Crippen LogP contribution in [0.3, 0.4) is 0 Å². The lowest BCUT2D eigenvalue weighted by atomic mass is 9.81. The summed E-state index contributed by atoms with van der Waals surface area (Å²) in [6, 6.07) is 8.78. The van der Waals surface area contributed by atoms with Gasteiger partial charge in [0.1, 0.15) is 5.75 Å². The van der Waals surface area contributed by atoms with E-state index in [4.69, 9.17) is 4.74 Å². The van der Waals surface area contributed by atoms with E-state index in [2.05, 4.69) is 62.1 Å². The predicted octanol–water partition coefficient (Wildman–Crippen LogP) is 8.38. The molecule has 2 aliphatic rings. The molecule has 0 aromatic heterocycles. The van der Waals surface area contributed by atoms with Gasteiger partial charge in [-0.1, -0.05) is 63.2 Å². The average Bonchev–Trinajstić information content (AvgIpc) is 2.82. The topological polar surface area (TPSA) is 9.23 Å². The fraction of sp³-hybridized carbons (Fsp3) is 0.667. The Morgan fingerprint density at radius 3 is 2.26 bits per heavy atom. The van der Waals surface area contributed by atoms with Crippen LogP contribution in [-0.4, -0.2) is 6.61 Å². The van der Waals surface area contributed by atoms with Crippen molar-refractivity contribution in [1.82, 2.24) is 0 Å². The Morgan fingerprint density at radius 1 is 0.871 bits per heavy atom. The summed E-state index contributed by atoms with van der Waals surface area (Å²) in [4.78, 5) is 0. The van der Waals surface area contributed by atoms with Gasteiger partial charge in [-0.2, -0.15) is 0 Å². The molecule has 1 aromatic rings. The van der Waals surface area contributed by atoms with Gasteiger partial charge in [0.25, 0.3) is 0 Å². The molecule has 2 fully saturated rings. The Bertz CT molecular complexity index is 688. The smallest absolute Gasteiger partial charge is 0.119 e. The average molecular weight is 421 g/mol. The second-order valence-electron chi connectivity index (χ2n) is 9.97. The van der Waals surface area contributed by atoms with Crippen LogP contribution in [0.25, 0.3) is 0 Å². The maximum atomic E-state index is 6.10. The zero-order chi connectivity index (χ0) is 21.7. The third-order valence-corrected chi connectivity index (χ3v) is 7.53. The summed E-state index contributed by atoms with van der Waals surface area (Å²) in [5, 5.41) is 0. The summed E-state index contributed by atoms with van der Waals surface area (Å²) in [6.45, 7) is 5.45. The molecule has 2 saturated carbocycles. The van der Waals surface area contributed by atoms with Gasteiger partial charge in [0, 0.05) is 5.92 Å². The lowest BCUT2D eigenvalue weighted by Crippen LogP contribution is -2.19. The van der Waals surface area contributed by atoms with Gasteiger partial charge in [0.15, 0.2) is 0 Å². The first kappa shape index (κ1) is 24.0. The van der Waals surface area contributed by atoms with Crippen LogP contribution in [0.4, 0.5) is 0 Å². The van der Waals surface area contributed by atoms with Gasteiger partial charge in [0.05, 0.1) is 6.61 Å². The lowest BCUT2D eigenvalue weighted by molar-refractivity contribution is 0.196. The molecule has 0 atom stereocenters. The quantitative estimate of drug-likeness (QED) is 0.288. The molecule has 0 heterocycles. The molecule has 1 aromatic carbocycles. The van der Waals surface area contributed by atoms with Crippen molar-refractivity contribution >= 4 is 0 Å². The highest BCUT2D eigenvalue weighted by Gasteiger charge is 2.20. The molecule has 0 unspecified atom stereocenters. The third kappa shape index (κ3) is 8.76. The number of ether oxygens (including phenoxy) is 1. The third-order valence-electron chi connectivity index (χ3n) is 7.53. The van der Waals surface area contributed by atoms with Crippen LogP contribution < -0.4 is 4.74 Å². The minimum absolute atomic E-state index is 0.583. The van der Waals surface area contributed by atoms with Gasteiger partial charge in [-0.15, -0.1) is 0 Å². The van der Waals surface area contributed by atoms with Crippen molar-refractivity contribution in [3.05, 3.63) is 42.0 Å². The molecule has 0 N–H and O–H groups in total. The Labute approximate surface area is 192 Å². The zero-order valence-corrected chi connectivity index (χ0v) is 20.1. The molecular weight excluding hydrogens is 376 g/mol. The SMILES string of the molecule is CCCCCc1ccc(OCC2CCC(C#CC=CC3CCC(CC)CC3)CC2)cc1. The van der Waals surface area contributed by atoms with E-state index in [0.29, 0.717) is 11.8 Å². The molecular formula is C30H44O. The number of hydrogen-bond donors (Lipinski definition) is 0. The van der Waals surface area contributed by atoms with E-state index in [1.807, 2.05) is 0 Å². The number of hydrogen-bond acceptors (Lipinski definition) is 1. The first-order valence-electron chi connectivity index (χ1n) is 13.2. The monoisotopic (exact) mass is 420 g/mol. The van der Waals surface area contributed by atoms with Crippen molar-refractivity contribution < 1.29 is 4.74 Å². The van der Waals surface area contributed by atoms with Gasteiger partial charge >= 0.3 is 0 Å². The maximum Gasteiger partial charge on any atom is 0.119 e. The van der Waals surface area contributed by atoms with E-state index >= 15 is 0 Å². The van der Waals surface area contributed by atoms with Crippen LogP contribution in [0, 0.1) is 35.5 Å². The Kier molecular flexibility index (Phi) is 10.6. The number of unbranched alkanes of at least 4 members (excludes halogenated alkanes) is 2. The summed E-state index contributed by atoms with van der Waals surface area (Å²) in [5.41, 5.74) is 1.43. The Balaban J connectivity index is 1.30. The minimum Gasteiger partial charge on any atom is -0.493 e. The predicted molar refractivity (Wildman–Crippen MR) is 133 cm³/mol. The van der Waals surface area contributed by atoms with Gasteiger partial charge < -0.3 is 4.74 Å². The highest BCUT2D eigenvalue weighted by Crippen LogP contribution is 2.31. The Hall–Kier alpha value is -1.68. The highest BCUT2D eigenvalue weighted by atomic mass is 16.5. The molecule has 31 heavy (non-hydrogen) atoms. The summed E-state index contributed by atoms with van der Waals surface area (Å²) in [5.74, 6) is 10.9. The standard InChI is InChI=1S/C30H44O/c1-3-5-6-9-28-20-22-30(23-21-28)31-24-29-18-16-27(17-19-29)11-8-7-10-26-14-12-25(4-2)13-15-26/h7,10,20-23,25-27,29H,3-6,9,12-19,24H2,1-2H3. The highest BCUT2D eigenvalue weighted by molar-refractivity contribution is 5.27. The van der Waals surface area contributed by atoms with Crippen LogP contribution in [-0.2, 0) is 6.42 Å². The molecule has 0 aliphatic heterocycles. The second-order valence-corrected chi connectivity index (χ2v) is 9.97. The fourth-order valence-electron chi connectivity index (χ4n) is 5.16. The normalized spacial score (nSPS) is 26.4. The van der Waals surface area contributed by atoms with Crippen molar-refractivity contribution in [2.75, 3.05) is 6.61 Å². The van der Waals surface area contributed by atoms with Crippen LogP contribution in [0.2, 0.25) is 0 Å². The molecule has 0 bridgehead atoms. The number of rotatable bonds is 9. The van der Waals surface area contributed by atoms with E-state index < -0.39 is 0 Å². The maximum absolute atomic E-state index is 6.10. The molecule has 0 spiro atoms. The van der Waals surface area contributed by atoms with E-state index in [1.165, 1.54) is 89.0 Å². The lowest BCUT2D eigenvalue weighted by Gasteiger charge is -2.25. The van der Waals surface area contributed by atoms with E-state index in [-0.39, 0.29) is 0 Å². The summed E-state index contributed by atoms with van der Waals surface area (Å²) in [6.07, 6.45) is 21.5. The first-order valence-corrected chi connectivity index (χ1v) is 13.2. The van der Waals surface area contributed by atoms with Crippen LogP contribution >= 0.6 is 0 Å². The van der Waals surface area contributed by atoms with Gasteiger partial charge in [-0.05, 0) is 106 Å². The molecule has 0 radical (unpaired) electrons. The molecule has 0 amide bonds. The molecule has 0 saturated heterocycles. The molecule has 1 heteroatoms. The van der Waals surface area contributed by atoms with Crippen LogP contribution in [0.1, 0.15) is 96.5 Å². The second kappa shape index (κ2) is 13.7. The number of allylic oxidation sites excluding steroid dienone is 2. The zero-order valence-electron chi connectivity index (χ0n) is 20.1. The summed E-state index contributed by atoms with van der Waals surface area (Å²) in [7, 11) is 0. The minimum atomic E-state index is 0.583. The Morgan fingerprint density at radius 2 is 1.58 bits per heavy atom. The van der Waals surface area contributed by atoms with E-state index in [1.54, 1.807) is 0 Å². The number of benzene rings is 1. The van der Waals surface area contributed by atoms with E-state index in [0.717, 1.165) is 24.2 Å². The molecule has 1 nitrogen and oxygen atoms in total. The van der Waals surface area contributed by atoms with Gasteiger partial charge in [-0.3, -0.25) is 0 Å². The van der Waals surface area contributed by atoms with Gasteiger partial charge in [0.2, 0.25) is 0 Å². The van der Waals surface area contributed by atoms with Crippen molar-refractivity contribution in [1.29, 1.82) is 0 Å².